The van der Waals surface area contributed by atoms with Crippen LogP contribution in [0.4, 0.5) is 10.8 Å². The van der Waals surface area contributed by atoms with Gasteiger partial charge in [-0.15, -0.1) is 10.2 Å². The first kappa shape index (κ1) is 21.2. The third-order valence-electron chi connectivity index (χ3n) is 3.73. The van der Waals surface area contributed by atoms with Crippen LogP contribution in [0, 0.1) is 13.8 Å². The predicted octanol–water partition coefficient (Wildman–Crippen LogP) is 3.21. The quantitative estimate of drug-likeness (QED) is 0.413. The molecule has 3 N–H and O–H groups in total. The van der Waals surface area contributed by atoms with E-state index in [4.69, 9.17) is 0 Å². The van der Waals surface area contributed by atoms with Crippen molar-refractivity contribution in [2.45, 2.75) is 38.0 Å². The second-order valence-electron chi connectivity index (χ2n) is 6.03. The molecule has 27 heavy (non-hydrogen) atoms. The van der Waals surface area contributed by atoms with Crippen molar-refractivity contribution in [3.8, 4) is 0 Å². The average molecular weight is 408 g/mol. The maximum atomic E-state index is 12.1. The molecule has 0 saturated carbocycles. The minimum absolute atomic E-state index is 0.0624. The number of aromatic nitrogens is 2. The van der Waals surface area contributed by atoms with Gasteiger partial charge in [0.25, 0.3) is 0 Å². The van der Waals surface area contributed by atoms with Gasteiger partial charge in [-0.1, -0.05) is 54.6 Å². The Balaban J connectivity index is 1.71. The topological polar surface area (TPSA) is 96.0 Å². The highest BCUT2D eigenvalue weighted by Gasteiger charge is 2.11. The molecule has 2 amide bonds. The summed E-state index contributed by atoms with van der Waals surface area (Å²) in [4.78, 5) is 24.0. The number of aryl methyl sites for hydroxylation is 2. The van der Waals surface area contributed by atoms with Crippen LogP contribution in [0.2, 0.25) is 0 Å². The number of nitrogens with zero attached hydrogens (tertiary/aromatic N) is 2. The number of carbonyl (C=O) groups is 2. The van der Waals surface area contributed by atoms with Crippen LogP contribution in [0.5, 0.6) is 0 Å². The van der Waals surface area contributed by atoms with E-state index in [1.807, 2.05) is 32.0 Å². The van der Waals surface area contributed by atoms with Crippen molar-refractivity contribution in [2.75, 3.05) is 29.5 Å². The number of benzene rings is 1. The summed E-state index contributed by atoms with van der Waals surface area (Å²) in [7, 11) is 0. The molecular weight excluding hydrogens is 382 g/mol. The lowest BCUT2D eigenvalue weighted by molar-refractivity contribution is -0.122. The molecule has 0 unspecified atom stereocenters. The molecule has 0 bridgehead atoms. The summed E-state index contributed by atoms with van der Waals surface area (Å²) < 4.78 is 0.726. The standard InChI is InChI=1S/C18H25N5O2S2/c1-4-5-9-19-17-22-23-18(27-17)26-11-15(25)20-10-14(24)21-16-12(2)7-6-8-13(16)3/h6-8H,4-5,9-11H2,1-3H3,(H,19,22)(H,20,25)(H,21,24). The summed E-state index contributed by atoms with van der Waals surface area (Å²) in [6.45, 7) is 6.81. The van der Waals surface area contributed by atoms with Crippen LogP contribution in [-0.4, -0.2) is 40.9 Å². The Bertz CT molecular complexity index is 759. The van der Waals surface area contributed by atoms with Gasteiger partial charge < -0.3 is 16.0 Å². The van der Waals surface area contributed by atoms with Crippen LogP contribution in [0.3, 0.4) is 0 Å². The number of para-hydroxylation sites is 1. The second-order valence-corrected chi connectivity index (χ2v) is 8.23. The molecular formula is C18H25N5O2S2. The zero-order valence-corrected chi connectivity index (χ0v) is 17.4. The first-order valence-corrected chi connectivity index (χ1v) is 10.6. The van der Waals surface area contributed by atoms with Crippen molar-refractivity contribution >= 4 is 45.7 Å². The SMILES string of the molecule is CCCCNc1nnc(SCC(=O)NCC(=O)Nc2c(C)cccc2C)s1. The first-order chi connectivity index (χ1) is 13.0. The molecule has 2 rings (SSSR count). The number of nitrogens with one attached hydrogen (secondary N) is 3. The number of hydrogen-bond acceptors (Lipinski definition) is 7. The smallest absolute Gasteiger partial charge is 0.243 e. The van der Waals surface area contributed by atoms with Crippen LogP contribution in [0.25, 0.3) is 0 Å². The Morgan fingerprint density at radius 1 is 1.15 bits per heavy atom. The molecule has 0 spiro atoms. The van der Waals surface area contributed by atoms with Crippen LogP contribution in [0.15, 0.2) is 22.5 Å². The van der Waals surface area contributed by atoms with Gasteiger partial charge in [-0.05, 0) is 31.4 Å². The molecule has 1 aromatic carbocycles. The highest BCUT2D eigenvalue weighted by Crippen LogP contribution is 2.25. The summed E-state index contributed by atoms with van der Waals surface area (Å²) in [6, 6.07) is 5.81. The molecule has 0 atom stereocenters. The molecule has 7 nitrogen and oxygen atoms in total. The monoisotopic (exact) mass is 407 g/mol. The third kappa shape index (κ3) is 7.18. The van der Waals surface area contributed by atoms with E-state index in [-0.39, 0.29) is 24.1 Å². The van der Waals surface area contributed by atoms with Crippen LogP contribution >= 0.6 is 23.1 Å². The minimum Gasteiger partial charge on any atom is -0.360 e. The number of rotatable bonds is 10. The van der Waals surface area contributed by atoms with E-state index in [9.17, 15) is 9.59 Å². The molecule has 0 fully saturated rings. The van der Waals surface area contributed by atoms with Crippen molar-refractivity contribution in [2.24, 2.45) is 0 Å². The number of carbonyl (C=O) groups excluding carboxylic acids is 2. The zero-order valence-electron chi connectivity index (χ0n) is 15.8. The fourth-order valence-electron chi connectivity index (χ4n) is 2.26. The second kappa shape index (κ2) is 10.9. The Hall–Kier alpha value is -2.13. The maximum Gasteiger partial charge on any atom is 0.243 e. The Labute approximate surface area is 167 Å². The van der Waals surface area contributed by atoms with Crippen molar-refractivity contribution in [1.29, 1.82) is 0 Å². The molecule has 1 heterocycles. The Kier molecular flexibility index (Phi) is 8.53. The van der Waals surface area contributed by atoms with Crippen LogP contribution < -0.4 is 16.0 Å². The van der Waals surface area contributed by atoms with Crippen molar-refractivity contribution in [3.05, 3.63) is 29.3 Å². The van der Waals surface area contributed by atoms with Gasteiger partial charge in [0.2, 0.25) is 16.9 Å². The highest BCUT2D eigenvalue weighted by atomic mass is 32.2. The van der Waals surface area contributed by atoms with E-state index in [0.29, 0.717) is 0 Å². The summed E-state index contributed by atoms with van der Waals surface area (Å²) >= 11 is 2.74. The van der Waals surface area contributed by atoms with Gasteiger partial charge in [0.15, 0.2) is 4.34 Å². The molecule has 0 radical (unpaired) electrons. The van der Waals surface area contributed by atoms with Gasteiger partial charge >= 0.3 is 0 Å². The van der Waals surface area contributed by atoms with Crippen molar-refractivity contribution < 1.29 is 9.59 Å². The van der Waals surface area contributed by atoms with Gasteiger partial charge in [-0.2, -0.15) is 0 Å². The van der Waals surface area contributed by atoms with E-state index in [1.165, 1.54) is 23.1 Å². The summed E-state index contributed by atoms with van der Waals surface area (Å²) in [5.41, 5.74) is 2.78. The van der Waals surface area contributed by atoms with Crippen molar-refractivity contribution in [1.82, 2.24) is 15.5 Å². The van der Waals surface area contributed by atoms with E-state index in [0.717, 1.165) is 45.7 Å². The molecule has 0 aliphatic heterocycles. The number of amides is 2. The van der Waals surface area contributed by atoms with Crippen LogP contribution in [0.1, 0.15) is 30.9 Å². The minimum atomic E-state index is -0.246. The fraction of sp³-hybridized carbons (Fsp3) is 0.444. The largest absolute Gasteiger partial charge is 0.360 e. The molecule has 9 heteroatoms. The van der Waals surface area contributed by atoms with Gasteiger partial charge in [0.1, 0.15) is 0 Å². The maximum absolute atomic E-state index is 12.1. The molecule has 0 aliphatic carbocycles. The van der Waals surface area contributed by atoms with E-state index in [2.05, 4.69) is 33.1 Å². The first-order valence-electron chi connectivity index (χ1n) is 8.82. The molecule has 0 saturated heterocycles. The normalized spacial score (nSPS) is 10.5. The predicted molar refractivity (Wildman–Crippen MR) is 112 cm³/mol. The average Bonchev–Trinajstić information content (AvgIpc) is 3.09. The van der Waals surface area contributed by atoms with Gasteiger partial charge in [0.05, 0.1) is 12.3 Å². The number of hydrogen-bond donors (Lipinski definition) is 3. The lowest BCUT2D eigenvalue weighted by Crippen LogP contribution is -2.34. The zero-order chi connectivity index (χ0) is 19.6. The summed E-state index contributed by atoms with van der Waals surface area (Å²) in [5.74, 6) is -0.267. The molecule has 2 aromatic rings. The lowest BCUT2D eigenvalue weighted by Gasteiger charge is -2.11. The number of anilines is 2. The van der Waals surface area contributed by atoms with Crippen molar-refractivity contribution in [3.63, 3.8) is 0 Å². The summed E-state index contributed by atoms with van der Waals surface area (Å²) in [6.07, 6.45) is 2.19. The number of unbranched alkanes of at least 4 members (excludes halogenated alkanes) is 1. The van der Waals surface area contributed by atoms with Crippen LogP contribution in [-0.2, 0) is 9.59 Å². The van der Waals surface area contributed by atoms with E-state index >= 15 is 0 Å². The Morgan fingerprint density at radius 3 is 2.59 bits per heavy atom. The van der Waals surface area contributed by atoms with Gasteiger partial charge in [-0.25, -0.2) is 0 Å². The fourth-order valence-corrected chi connectivity index (χ4v) is 3.87. The van der Waals surface area contributed by atoms with E-state index < -0.39 is 0 Å². The highest BCUT2D eigenvalue weighted by molar-refractivity contribution is 8.01. The Morgan fingerprint density at radius 2 is 1.89 bits per heavy atom. The number of thioether (sulfide) groups is 1. The molecule has 146 valence electrons. The van der Waals surface area contributed by atoms with E-state index in [1.54, 1.807) is 0 Å². The van der Waals surface area contributed by atoms with Gasteiger partial charge in [-0.3, -0.25) is 9.59 Å². The summed E-state index contributed by atoms with van der Waals surface area (Å²) in [5, 5.41) is 17.5. The molecule has 0 aliphatic rings. The lowest BCUT2D eigenvalue weighted by atomic mass is 10.1. The van der Waals surface area contributed by atoms with Gasteiger partial charge in [0, 0.05) is 12.2 Å². The molecule has 1 aromatic heterocycles. The third-order valence-corrected chi connectivity index (χ3v) is 5.75.